The van der Waals surface area contributed by atoms with Crippen molar-refractivity contribution in [2.75, 3.05) is 0 Å². The van der Waals surface area contributed by atoms with Crippen LogP contribution in [0.2, 0.25) is 0 Å². The number of benzene rings is 2. The van der Waals surface area contributed by atoms with Crippen LogP contribution in [0.25, 0.3) is 0 Å². The molecular weight excluding hydrogens is 200 g/mol. The van der Waals surface area contributed by atoms with Gasteiger partial charge in [0, 0.05) is 0 Å². The molecule has 0 aliphatic heterocycles. The molecular formula is C14H16O2. The summed E-state index contributed by atoms with van der Waals surface area (Å²) < 4.78 is 0. The number of hydrogen-bond donors (Lipinski definition) is 1. The average molecular weight is 216 g/mol. The van der Waals surface area contributed by atoms with Crippen molar-refractivity contribution >= 4 is 6.47 Å². The maximum Gasteiger partial charge on any atom is 0.290 e. The van der Waals surface area contributed by atoms with Crippen LogP contribution in [0.1, 0.15) is 5.56 Å². The van der Waals surface area contributed by atoms with Gasteiger partial charge in [-0.15, -0.1) is 0 Å². The summed E-state index contributed by atoms with van der Waals surface area (Å²) in [6, 6.07) is 22.3. The molecule has 0 atom stereocenters. The molecule has 0 radical (unpaired) electrons. The minimum absolute atomic E-state index is 0.250. The Bertz CT molecular complexity index is 317. The summed E-state index contributed by atoms with van der Waals surface area (Å²) >= 11 is 0. The predicted molar refractivity (Wildman–Crippen MR) is 66.3 cm³/mol. The molecule has 2 rings (SSSR count). The largest absolute Gasteiger partial charge is 0.483 e. The summed E-state index contributed by atoms with van der Waals surface area (Å²) in [5, 5.41) is 6.89. The second-order valence-electron chi connectivity index (χ2n) is 2.91. The molecule has 84 valence electrons. The van der Waals surface area contributed by atoms with Gasteiger partial charge in [-0.05, 0) is 6.92 Å². The molecule has 1 N–H and O–H groups in total. The standard InChI is InChI=1S/C7H8.C6H6.CH2O2/c1-7-5-3-2-4-6-7;1-2-4-6-5-3-1;2-1-3/h2-6H,1H3;1-6H;1H,(H,2,3). The van der Waals surface area contributed by atoms with Crippen LogP contribution in [-0.2, 0) is 4.79 Å². The summed E-state index contributed by atoms with van der Waals surface area (Å²) in [7, 11) is 0. The zero-order chi connectivity index (χ0) is 12.1. The minimum atomic E-state index is -0.250. The number of rotatable bonds is 0. The van der Waals surface area contributed by atoms with Crippen LogP contribution in [0.5, 0.6) is 0 Å². The Kier molecular flexibility index (Phi) is 9.55. The van der Waals surface area contributed by atoms with Gasteiger partial charge in [-0.25, -0.2) is 0 Å². The summed E-state index contributed by atoms with van der Waals surface area (Å²) in [5.74, 6) is 0. The molecule has 2 aromatic carbocycles. The monoisotopic (exact) mass is 216 g/mol. The van der Waals surface area contributed by atoms with E-state index in [1.54, 1.807) is 0 Å². The van der Waals surface area contributed by atoms with Crippen molar-refractivity contribution in [1.29, 1.82) is 0 Å². The number of carbonyl (C=O) groups is 1. The molecule has 2 aromatic rings. The highest BCUT2D eigenvalue weighted by Crippen LogP contribution is 1.92. The molecule has 0 fully saturated rings. The third kappa shape index (κ3) is 9.99. The van der Waals surface area contributed by atoms with Gasteiger partial charge in [0.25, 0.3) is 6.47 Å². The Labute approximate surface area is 96.2 Å². The molecule has 0 spiro atoms. The van der Waals surface area contributed by atoms with Gasteiger partial charge < -0.3 is 5.11 Å². The van der Waals surface area contributed by atoms with Crippen molar-refractivity contribution in [3.8, 4) is 0 Å². The van der Waals surface area contributed by atoms with Crippen molar-refractivity contribution in [2.45, 2.75) is 6.92 Å². The number of hydrogen-bond acceptors (Lipinski definition) is 1. The molecule has 2 heteroatoms. The summed E-state index contributed by atoms with van der Waals surface area (Å²) in [6.45, 7) is 1.83. The van der Waals surface area contributed by atoms with Crippen LogP contribution >= 0.6 is 0 Å². The van der Waals surface area contributed by atoms with Crippen molar-refractivity contribution < 1.29 is 9.90 Å². The molecule has 0 bridgehead atoms. The molecule has 0 saturated heterocycles. The fourth-order valence-electron chi connectivity index (χ4n) is 0.919. The Morgan fingerprint density at radius 1 is 0.812 bits per heavy atom. The van der Waals surface area contributed by atoms with Crippen LogP contribution in [0.4, 0.5) is 0 Å². The Balaban J connectivity index is 0.000000230. The molecule has 0 saturated carbocycles. The second kappa shape index (κ2) is 11.0. The summed E-state index contributed by atoms with van der Waals surface area (Å²) in [6.07, 6.45) is 0. The zero-order valence-electron chi connectivity index (χ0n) is 9.28. The maximum atomic E-state index is 8.36. The van der Waals surface area contributed by atoms with E-state index >= 15 is 0 Å². The third-order valence-corrected chi connectivity index (χ3v) is 1.61. The zero-order valence-corrected chi connectivity index (χ0v) is 9.28. The molecule has 0 aromatic heterocycles. The SMILES string of the molecule is Cc1ccccc1.O=CO.c1ccccc1. The lowest BCUT2D eigenvalue weighted by molar-refractivity contribution is -0.122. The van der Waals surface area contributed by atoms with Gasteiger partial charge in [0.05, 0.1) is 0 Å². The molecule has 0 unspecified atom stereocenters. The van der Waals surface area contributed by atoms with Crippen LogP contribution in [0.15, 0.2) is 66.7 Å². The van der Waals surface area contributed by atoms with E-state index in [0.29, 0.717) is 0 Å². The van der Waals surface area contributed by atoms with E-state index in [0.717, 1.165) is 0 Å². The highest BCUT2D eigenvalue weighted by atomic mass is 16.3. The van der Waals surface area contributed by atoms with Gasteiger partial charge in [0.2, 0.25) is 0 Å². The summed E-state index contributed by atoms with van der Waals surface area (Å²) in [4.78, 5) is 8.36. The lowest BCUT2D eigenvalue weighted by atomic mass is 10.2. The van der Waals surface area contributed by atoms with E-state index in [1.807, 2.05) is 54.6 Å². The highest BCUT2D eigenvalue weighted by Gasteiger charge is 1.72. The van der Waals surface area contributed by atoms with Gasteiger partial charge in [0.1, 0.15) is 0 Å². The number of carboxylic acid groups (broad SMARTS) is 1. The highest BCUT2D eigenvalue weighted by molar-refractivity contribution is 5.32. The first kappa shape index (κ1) is 13.9. The van der Waals surface area contributed by atoms with E-state index in [4.69, 9.17) is 9.90 Å². The maximum absolute atomic E-state index is 8.36. The fraction of sp³-hybridized carbons (Fsp3) is 0.0714. The van der Waals surface area contributed by atoms with Crippen molar-refractivity contribution in [2.24, 2.45) is 0 Å². The first-order chi connectivity index (χ1) is 7.81. The molecule has 0 aliphatic rings. The molecule has 0 aliphatic carbocycles. The number of aryl methyl sites for hydroxylation is 1. The van der Waals surface area contributed by atoms with Crippen molar-refractivity contribution in [3.05, 3.63) is 72.3 Å². The Morgan fingerprint density at radius 2 is 1.06 bits per heavy atom. The van der Waals surface area contributed by atoms with Crippen LogP contribution in [0, 0.1) is 6.92 Å². The topological polar surface area (TPSA) is 37.3 Å². The van der Waals surface area contributed by atoms with Gasteiger partial charge in [-0.3, -0.25) is 4.79 Å². The molecule has 0 heterocycles. The van der Waals surface area contributed by atoms with E-state index in [2.05, 4.69) is 19.1 Å². The molecule has 2 nitrogen and oxygen atoms in total. The van der Waals surface area contributed by atoms with E-state index in [1.165, 1.54) is 5.56 Å². The lowest BCUT2D eigenvalue weighted by Gasteiger charge is -1.82. The molecule has 0 amide bonds. The Morgan fingerprint density at radius 3 is 1.25 bits per heavy atom. The smallest absolute Gasteiger partial charge is 0.290 e. The van der Waals surface area contributed by atoms with Crippen molar-refractivity contribution in [1.82, 2.24) is 0 Å². The van der Waals surface area contributed by atoms with E-state index in [-0.39, 0.29) is 6.47 Å². The molecule has 16 heavy (non-hydrogen) atoms. The first-order valence-electron chi connectivity index (χ1n) is 4.90. The average Bonchev–Trinajstić information content (AvgIpc) is 2.34. The minimum Gasteiger partial charge on any atom is -0.483 e. The van der Waals surface area contributed by atoms with Gasteiger partial charge in [-0.1, -0.05) is 72.3 Å². The van der Waals surface area contributed by atoms with Gasteiger partial charge >= 0.3 is 0 Å². The Hall–Kier alpha value is -2.09. The quantitative estimate of drug-likeness (QED) is 0.685. The van der Waals surface area contributed by atoms with Crippen molar-refractivity contribution in [3.63, 3.8) is 0 Å². The van der Waals surface area contributed by atoms with E-state index in [9.17, 15) is 0 Å². The second-order valence-corrected chi connectivity index (χ2v) is 2.91. The lowest BCUT2D eigenvalue weighted by Crippen LogP contribution is -1.62. The van der Waals surface area contributed by atoms with Gasteiger partial charge in [-0.2, -0.15) is 0 Å². The van der Waals surface area contributed by atoms with Crippen LogP contribution < -0.4 is 0 Å². The van der Waals surface area contributed by atoms with E-state index < -0.39 is 0 Å². The third-order valence-electron chi connectivity index (χ3n) is 1.61. The first-order valence-corrected chi connectivity index (χ1v) is 4.90. The van der Waals surface area contributed by atoms with Gasteiger partial charge in [0.15, 0.2) is 0 Å². The van der Waals surface area contributed by atoms with Crippen LogP contribution in [-0.4, -0.2) is 11.6 Å². The van der Waals surface area contributed by atoms with Crippen LogP contribution in [0.3, 0.4) is 0 Å². The predicted octanol–water partition coefficient (Wildman–Crippen LogP) is 3.38. The normalized spacial score (nSPS) is 7.56. The fourth-order valence-corrected chi connectivity index (χ4v) is 0.919. The summed E-state index contributed by atoms with van der Waals surface area (Å²) in [5.41, 5.74) is 1.32.